The largest absolute Gasteiger partial charge is 0.508 e. The number of aromatic hydroxyl groups is 1. The topological polar surface area (TPSA) is 66.4 Å². The van der Waals surface area contributed by atoms with Crippen molar-refractivity contribution in [3.63, 3.8) is 0 Å². The van der Waals surface area contributed by atoms with Gasteiger partial charge in [-0.1, -0.05) is 26.0 Å². The van der Waals surface area contributed by atoms with Crippen LogP contribution in [0.15, 0.2) is 41.3 Å². The Morgan fingerprint density at radius 1 is 1.00 bits per heavy atom. The highest BCUT2D eigenvalue weighted by atomic mass is 32.2. The quantitative estimate of drug-likeness (QED) is 0.839. The first-order valence-electron chi connectivity index (χ1n) is 7.13. The summed E-state index contributed by atoms with van der Waals surface area (Å²) in [6, 6.07) is 9.95. The van der Waals surface area contributed by atoms with E-state index in [9.17, 15) is 13.5 Å². The van der Waals surface area contributed by atoms with E-state index in [1.807, 2.05) is 12.1 Å². The molecule has 0 unspecified atom stereocenters. The van der Waals surface area contributed by atoms with E-state index in [-0.39, 0.29) is 10.6 Å². The van der Waals surface area contributed by atoms with Gasteiger partial charge in [0, 0.05) is 0 Å². The number of benzene rings is 2. The molecule has 0 aliphatic heterocycles. The predicted octanol–water partition coefficient (Wildman–Crippen LogP) is 3.93. The fraction of sp³-hybridized carbons (Fsp3) is 0.294. The molecule has 0 spiro atoms. The number of aryl methyl sites for hydroxylation is 2. The minimum Gasteiger partial charge on any atom is -0.508 e. The molecule has 4 nitrogen and oxygen atoms in total. The van der Waals surface area contributed by atoms with Gasteiger partial charge < -0.3 is 5.11 Å². The molecular weight excluding hydrogens is 298 g/mol. The molecule has 2 rings (SSSR count). The van der Waals surface area contributed by atoms with Gasteiger partial charge in [-0.15, -0.1) is 0 Å². The number of nitrogens with one attached hydrogen (secondary N) is 1. The summed E-state index contributed by atoms with van der Waals surface area (Å²) >= 11 is 0. The fourth-order valence-corrected chi connectivity index (χ4v) is 3.53. The summed E-state index contributed by atoms with van der Waals surface area (Å²) in [4.78, 5) is 0.226. The zero-order chi connectivity index (χ0) is 16.5. The van der Waals surface area contributed by atoms with Gasteiger partial charge >= 0.3 is 0 Å². The summed E-state index contributed by atoms with van der Waals surface area (Å²) in [7, 11) is -3.65. The molecule has 0 atom stereocenters. The van der Waals surface area contributed by atoms with Crippen molar-refractivity contribution in [2.24, 2.45) is 0 Å². The molecule has 0 aliphatic rings. The first-order valence-corrected chi connectivity index (χ1v) is 8.62. The lowest BCUT2D eigenvalue weighted by Gasteiger charge is -2.14. The maximum absolute atomic E-state index is 12.5. The van der Waals surface area contributed by atoms with Crippen LogP contribution in [0.1, 0.15) is 36.5 Å². The number of phenols is 1. The first-order chi connectivity index (χ1) is 10.2. The Balaban J connectivity index is 2.36. The second-order valence-corrected chi connectivity index (χ2v) is 7.47. The van der Waals surface area contributed by atoms with Gasteiger partial charge in [0.2, 0.25) is 0 Å². The van der Waals surface area contributed by atoms with Gasteiger partial charge in [0.05, 0.1) is 10.6 Å². The molecule has 0 aliphatic carbocycles. The van der Waals surface area contributed by atoms with E-state index < -0.39 is 10.0 Å². The van der Waals surface area contributed by atoms with E-state index in [1.54, 1.807) is 26.0 Å². The lowest BCUT2D eigenvalue weighted by molar-refractivity contribution is 0.474. The SMILES string of the molecule is Cc1cc(O)cc(C)c1NS(=O)(=O)c1ccc(C(C)C)cc1. The molecule has 0 aromatic heterocycles. The lowest BCUT2D eigenvalue weighted by atomic mass is 10.0. The third-order valence-corrected chi connectivity index (χ3v) is 4.98. The van der Waals surface area contributed by atoms with Gasteiger partial charge in [0.25, 0.3) is 10.0 Å². The molecule has 118 valence electrons. The smallest absolute Gasteiger partial charge is 0.261 e. The Labute approximate surface area is 131 Å². The normalized spacial score (nSPS) is 11.7. The Morgan fingerprint density at radius 2 is 1.50 bits per heavy atom. The molecule has 0 heterocycles. The molecule has 5 heteroatoms. The summed E-state index contributed by atoms with van der Waals surface area (Å²) in [5.74, 6) is 0.477. The Hall–Kier alpha value is -2.01. The van der Waals surface area contributed by atoms with Crippen molar-refractivity contribution in [2.45, 2.75) is 38.5 Å². The van der Waals surface area contributed by atoms with E-state index in [0.717, 1.165) is 5.56 Å². The second-order valence-electron chi connectivity index (χ2n) is 5.78. The van der Waals surface area contributed by atoms with Crippen LogP contribution in [-0.2, 0) is 10.0 Å². The van der Waals surface area contributed by atoms with Gasteiger partial charge in [0.1, 0.15) is 5.75 Å². The number of hydrogen-bond acceptors (Lipinski definition) is 3. The third-order valence-electron chi connectivity index (χ3n) is 3.61. The average Bonchev–Trinajstić information content (AvgIpc) is 2.43. The van der Waals surface area contributed by atoms with Gasteiger partial charge in [-0.3, -0.25) is 4.72 Å². The summed E-state index contributed by atoms with van der Waals surface area (Å²) in [5, 5.41) is 9.54. The number of sulfonamides is 1. The van der Waals surface area contributed by atoms with Crippen LogP contribution in [0.25, 0.3) is 0 Å². The maximum atomic E-state index is 12.5. The number of hydrogen-bond donors (Lipinski definition) is 2. The average molecular weight is 319 g/mol. The van der Waals surface area contributed by atoms with Crippen LogP contribution in [0.4, 0.5) is 5.69 Å². The van der Waals surface area contributed by atoms with Crippen LogP contribution in [-0.4, -0.2) is 13.5 Å². The van der Waals surface area contributed by atoms with E-state index in [4.69, 9.17) is 0 Å². The predicted molar refractivity (Wildman–Crippen MR) is 88.9 cm³/mol. The van der Waals surface area contributed by atoms with Crippen LogP contribution in [0, 0.1) is 13.8 Å². The number of rotatable bonds is 4. The molecule has 0 amide bonds. The second kappa shape index (κ2) is 6.01. The molecule has 2 aromatic rings. The van der Waals surface area contributed by atoms with Crippen molar-refractivity contribution in [1.29, 1.82) is 0 Å². The minimum absolute atomic E-state index is 0.124. The monoisotopic (exact) mass is 319 g/mol. The van der Waals surface area contributed by atoms with Gasteiger partial charge in [0.15, 0.2) is 0 Å². The van der Waals surface area contributed by atoms with Crippen molar-refractivity contribution in [3.8, 4) is 5.75 Å². The summed E-state index contributed by atoms with van der Waals surface area (Å²) in [5.41, 5.74) is 2.96. The number of anilines is 1. The highest BCUT2D eigenvalue weighted by Gasteiger charge is 2.17. The van der Waals surface area contributed by atoms with Crippen molar-refractivity contribution in [3.05, 3.63) is 53.1 Å². The standard InChI is InChI=1S/C17H21NO3S/c1-11(2)14-5-7-16(8-6-14)22(20,21)18-17-12(3)9-15(19)10-13(17)4/h5-11,18-19H,1-4H3. The van der Waals surface area contributed by atoms with Crippen LogP contribution < -0.4 is 4.72 Å². The summed E-state index contributed by atoms with van der Waals surface area (Å²) < 4.78 is 27.6. The highest BCUT2D eigenvalue weighted by molar-refractivity contribution is 7.92. The highest BCUT2D eigenvalue weighted by Crippen LogP contribution is 2.28. The fourth-order valence-electron chi connectivity index (χ4n) is 2.33. The van der Waals surface area contributed by atoms with Crippen molar-refractivity contribution in [2.75, 3.05) is 4.72 Å². The van der Waals surface area contributed by atoms with Crippen molar-refractivity contribution < 1.29 is 13.5 Å². The van der Waals surface area contributed by atoms with Crippen LogP contribution in [0.3, 0.4) is 0 Å². The van der Waals surface area contributed by atoms with E-state index in [0.29, 0.717) is 22.7 Å². The maximum Gasteiger partial charge on any atom is 0.261 e. The molecule has 0 fully saturated rings. The van der Waals surface area contributed by atoms with Gasteiger partial charge in [-0.2, -0.15) is 0 Å². The molecule has 0 saturated heterocycles. The van der Waals surface area contributed by atoms with Gasteiger partial charge in [-0.25, -0.2) is 8.42 Å². The van der Waals surface area contributed by atoms with E-state index in [1.165, 1.54) is 12.1 Å². The number of phenolic OH excluding ortho intramolecular Hbond substituents is 1. The molecule has 2 N–H and O–H groups in total. The Morgan fingerprint density at radius 3 is 1.95 bits per heavy atom. The molecule has 2 aromatic carbocycles. The van der Waals surface area contributed by atoms with Crippen molar-refractivity contribution >= 4 is 15.7 Å². The Kier molecular flexibility index (Phi) is 4.47. The molecule has 0 radical (unpaired) electrons. The van der Waals surface area contributed by atoms with Crippen LogP contribution in [0.2, 0.25) is 0 Å². The van der Waals surface area contributed by atoms with Crippen molar-refractivity contribution in [1.82, 2.24) is 0 Å². The molecule has 22 heavy (non-hydrogen) atoms. The van der Waals surface area contributed by atoms with Crippen LogP contribution >= 0.6 is 0 Å². The minimum atomic E-state index is -3.65. The zero-order valence-electron chi connectivity index (χ0n) is 13.2. The lowest BCUT2D eigenvalue weighted by Crippen LogP contribution is -2.14. The van der Waals surface area contributed by atoms with E-state index in [2.05, 4.69) is 18.6 Å². The third kappa shape index (κ3) is 3.42. The van der Waals surface area contributed by atoms with Crippen LogP contribution in [0.5, 0.6) is 5.75 Å². The first kappa shape index (κ1) is 16.4. The molecule has 0 saturated carbocycles. The Bertz CT molecular complexity index is 755. The van der Waals surface area contributed by atoms with Gasteiger partial charge in [-0.05, 0) is 60.7 Å². The molecule has 0 bridgehead atoms. The summed E-state index contributed by atoms with van der Waals surface area (Å²) in [6.07, 6.45) is 0. The van der Waals surface area contributed by atoms with E-state index >= 15 is 0 Å². The molecular formula is C17H21NO3S. The summed E-state index contributed by atoms with van der Waals surface area (Å²) in [6.45, 7) is 7.63. The zero-order valence-corrected chi connectivity index (χ0v) is 14.0.